The number of rotatable bonds is 2. The standard InChI is InChI=1S/C26H26N2O/c1-17(2)18-9-12-20(13-10-18)27-16-28-21-14-11-19(26(3,4)5)15-24(21)29-23-8-6-7-22(27)25(23)28/h6-15,17H,1-5H3. The first-order valence-electron chi connectivity index (χ1n) is 10.2. The maximum Gasteiger partial charge on any atom is 0.270 e. The van der Waals surface area contributed by atoms with E-state index in [0.29, 0.717) is 5.92 Å². The normalized spacial score (nSPS) is 12.9. The quantitative estimate of drug-likeness (QED) is 0.261. The molecule has 3 nitrogen and oxygen atoms in total. The molecule has 0 amide bonds. The second kappa shape index (κ2) is 6.21. The Morgan fingerprint density at radius 2 is 1.69 bits per heavy atom. The first kappa shape index (κ1) is 18.0. The van der Waals surface area contributed by atoms with Crippen molar-refractivity contribution in [2.75, 3.05) is 0 Å². The van der Waals surface area contributed by atoms with E-state index >= 15 is 0 Å². The van der Waals surface area contributed by atoms with Crippen molar-refractivity contribution in [3.05, 3.63) is 78.1 Å². The minimum absolute atomic E-state index is 0.0726. The van der Waals surface area contributed by atoms with Crippen LogP contribution in [0, 0.1) is 6.33 Å². The highest BCUT2D eigenvalue weighted by atomic mass is 16.5. The number of nitrogens with zero attached hydrogens (tertiary/aromatic N) is 2. The summed E-state index contributed by atoms with van der Waals surface area (Å²) in [6.07, 6.45) is 3.56. The fraction of sp³-hybridized carbons (Fsp3) is 0.269. The van der Waals surface area contributed by atoms with Gasteiger partial charge in [0.25, 0.3) is 6.33 Å². The number of ether oxygens (including phenoxy) is 1. The van der Waals surface area contributed by atoms with E-state index in [0.717, 1.165) is 33.9 Å². The molecule has 3 aromatic carbocycles. The highest BCUT2D eigenvalue weighted by Gasteiger charge is 2.25. The number of benzene rings is 3. The van der Waals surface area contributed by atoms with E-state index in [1.165, 1.54) is 11.1 Å². The minimum Gasteiger partial charge on any atom is -0.465 e. The lowest BCUT2D eigenvalue weighted by Gasteiger charge is -2.24. The predicted molar refractivity (Wildman–Crippen MR) is 117 cm³/mol. The van der Waals surface area contributed by atoms with Crippen molar-refractivity contribution >= 4 is 11.0 Å². The Hall–Kier alpha value is -3.07. The third kappa shape index (κ3) is 2.84. The molecular formula is C26H26N2O. The van der Waals surface area contributed by atoms with Gasteiger partial charge in [0.1, 0.15) is 22.7 Å². The van der Waals surface area contributed by atoms with Crippen molar-refractivity contribution in [3.8, 4) is 22.9 Å². The van der Waals surface area contributed by atoms with Crippen molar-refractivity contribution in [3.63, 3.8) is 0 Å². The second-order valence-corrected chi connectivity index (χ2v) is 9.18. The van der Waals surface area contributed by atoms with Crippen LogP contribution in [-0.2, 0) is 5.41 Å². The van der Waals surface area contributed by atoms with Gasteiger partial charge in [-0.15, -0.1) is 0 Å². The van der Waals surface area contributed by atoms with Crippen LogP contribution in [0.25, 0.3) is 22.4 Å². The monoisotopic (exact) mass is 382 g/mol. The van der Waals surface area contributed by atoms with E-state index < -0.39 is 0 Å². The van der Waals surface area contributed by atoms with Crippen LogP contribution < -0.4 is 9.30 Å². The highest BCUT2D eigenvalue weighted by Crippen LogP contribution is 2.38. The minimum atomic E-state index is 0.0726. The van der Waals surface area contributed by atoms with Gasteiger partial charge in [-0.25, -0.2) is 0 Å². The maximum absolute atomic E-state index is 6.33. The van der Waals surface area contributed by atoms with Gasteiger partial charge >= 0.3 is 0 Å². The summed E-state index contributed by atoms with van der Waals surface area (Å²) < 4.78 is 10.6. The molecule has 1 aromatic heterocycles. The summed E-state index contributed by atoms with van der Waals surface area (Å²) in [6, 6.07) is 21.5. The van der Waals surface area contributed by atoms with Crippen LogP contribution in [0.3, 0.4) is 0 Å². The average Bonchev–Trinajstić information content (AvgIpc) is 3.08. The van der Waals surface area contributed by atoms with Crippen LogP contribution in [0.5, 0.6) is 11.5 Å². The van der Waals surface area contributed by atoms with Gasteiger partial charge in [0.15, 0.2) is 0 Å². The Bertz CT molecular complexity index is 1220. The smallest absolute Gasteiger partial charge is 0.270 e. The molecular weight excluding hydrogens is 356 g/mol. The van der Waals surface area contributed by atoms with E-state index in [-0.39, 0.29) is 5.41 Å². The SMILES string of the molecule is CC(C)c1ccc(-n2[c-][n+]3c4c(cccc42)Oc2cc(C(C)(C)C)ccc2-3)cc1. The Morgan fingerprint density at radius 1 is 0.931 bits per heavy atom. The third-order valence-electron chi connectivity index (χ3n) is 5.75. The lowest BCUT2D eigenvalue weighted by molar-refractivity contribution is -0.575. The second-order valence-electron chi connectivity index (χ2n) is 9.18. The summed E-state index contributed by atoms with van der Waals surface area (Å²) in [5.74, 6) is 2.27. The molecule has 146 valence electrons. The van der Waals surface area contributed by atoms with Gasteiger partial charge in [-0.1, -0.05) is 65.0 Å². The zero-order valence-electron chi connectivity index (χ0n) is 17.7. The van der Waals surface area contributed by atoms with Crippen LogP contribution >= 0.6 is 0 Å². The molecule has 5 rings (SSSR count). The van der Waals surface area contributed by atoms with Crippen molar-refractivity contribution < 1.29 is 9.30 Å². The van der Waals surface area contributed by atoms with Crippen molar-refractivity contribution in [1.29, 1.82) is 0 Å². The number of para-hydroxylation sites is 1. The highest BCUT2D eigenvalue weighted by molar-refractivity contribution is 5.82. The molecule has 3 heteroatoms. The number of hydrogen-bond acceptors (Lipinski definition) is 1. The molecule has 0 fully saturated rings. The van der Waals surface area contributed by atoms with E-state index in [9.17, 15) is 0 Å². The fourth-order valence-electron chi connectivity index (χ4n) is 3.95. The Balaban J connectivity index is 1.70. The van der Waals surface area contributed by atoms with Gasteiger partial charge in [0, 0.05) is 0 Å². The molecule has 1 aliphatic rings. The third-order valence-corrected chi connectivity index (χ3v) is 5.75. The molecule has 0 saturated heterocycles. The summed E-state index contributed by atoms with van der Waals surface area (Å²) in [4.78, 5) is 0. The summed E-state index contributed by atoms with van der Waals surface area (Å²) in [5.41, 5.74) is 6.94. The predicted octanol–water partition coefficient (Wildman–Crippen LogP) is 6.23. The first-order chi connectivity index (χ1) is 13.8. The molecule has 0 aliphatic carbocycles. The largest absolute Gasteiger partial charge is 0.465 e. The van der Waals surface area contributed by atoms with E-state index in [2.05, 4.69) is 98.6 Å². The molecule has 0 N–H and O–H groups in total. The first-order valence-corrected chi connectivity index (χ1v) is 10.2. The van der Waals surface area contributed by atoms with Gasteiger partial charge in [0.05, 0.1) is 11.2 Å². The Kier molecular flexibility index (Phi) is 3.86. The van der Waals surface area contributed by atoms with Gasteiger partial charge in [-0.3, -0.25) is 9.13 Å². The Labute approximate surface area is 172 Å². The topological polar surface area (TPSA) is 18.0 Å². The number of fused-ring (bicyclic) bond motifs is 2. The summed E-state index contributed by atoms with van der Waals surface area (Å²) >= 11 is 0. The number of aromatic nitrogens is 2. The van der Waals surface area contributed by atoms with E-state index in [1.54, 1.807) is 0 Å². The summed E-state index contributed by atoms with van der Waals surface area (Å²) in [6.45, 7) is 11.1. The summed E-state index contributed by atoms with van der Waals surface area (Å²) in [7, 11) is 0. The van der Waals surface area contributed by atoms with Gasteiger partial charge < -0.3 is 4.74 Å². The van der Waals surface area contributed by atoms with Gasteiger partial charge in [-0.05, 0) is 52.8 Å². The lowest BCUT2D eigenvalue weighted by Crippen LogP contribution is -2.33. The van der Waals surface area contributed by atoms with Crippen molar-refractivity contribution in [2.24, 2.45) is 0 Å². The van der Waals surface area contributed by atoms with Crippen LogP contribution in [0.2, 0.25) is 0 Å². The maximum atomic E-state index is 6.33. The molecule has 1 aliphatic heterocycles. The zero-order valence-corrected chi connectivity index (χ0v) is 17.7. The molecule has 0 atom stereocenters. The Morgan fingerprint density at radius 3 is 2.38 bits per heavy atom. The van der Waals surface area contributed by atoms with Crippen molar-refractivity contribution in [1.82, 2.24) is 4.57 Å². The molecule has 0 spiro atoms. The van der Waals surface area contributed by atoms with E-state index in [4.69, 9.17) is 4.74 Å². The fourth-order valence-corrected chi connectivity index (χ4v) is 3.95. The summed E-state index contributed by atoms with van der Waals surface area (Å²) in [5, 5.41) is 0. The van der Waals surface area contributed by atoms with Crippen molar-refractivity contribution in [2.45, 2.75) is 46.0 Å². The lowest BCUT2D eigenvalue weighted by atomic mass is 9.87. The average molecular weight is 383 g/mol. The van der Waals surface area contributed by atoms with Crippen LogP contribution in [0.4, 0.5) is 0 Å². The van der Waals surface area contributed by atoms with Crippen LogP contribution in [0.15, 0.2) is 60.7 Å². The zero-order chi connectivity index (χ0) is 20.3. The van der Waals surface area contributed by atoms with Gasteiger partial charge in [0.2, 0.25) is 0 Å². The van der Waals surface area contributed by atoms with E-state index in [1.807, 2.05) is 12.1 Å². The molecule has 0 bridgehead atoms. The molecule has 2 heterocycles. The number of imidazole rings is 1. The molecule has 4 aromatic rings. The molecule has 0 unspecified atom stereocenters. The molecule has 29 heavy (non-hydrogen) atoms. The number of hydrogen-bond donors (Lipinski definition) is 0. The van der Waals surface area contributed by atoms with Gasteiger partial charge in [-0.2, -0.15) is 0 Å². The molecule has 0 radical (unpaired) electrons. The van der Waals surface area contributed by atoms with Crippen LogP contribution in [0.1, 0.15) is 51.7 Å². The molecule has 0 saturated carbocycles. The van der Waals surface area contributed by atoms with Crippen LogP contribution in [-0.4, -0.2) is 4.57 Å².